The molecule has 5 aromatic rings. The first kappa shape index (κ1) is 35.1. The highest BCUT2D eigenvalue weighted by Crippen LogP contribution is 2.48. The highest BCUT2D eigenvalue weighted by molar-refractivity contribution is 6.91. The highest BCUT2D eigenvalue weighted by Gasteiger charge is 2.47. The van der Waals surface area contributed by atoms with Crippen LogP contribution in [0.15, 0.2) is 109 Å². The average molecular weight is 691 g/mol. The molecule has 1 aliphatic heterocycles. The van der Waals surface area contributed by atoms with E-state index in [2.05, 4.69) is 42.5 Å². The quantitative estimate of drug-likeness (QED) is 0.100. The van der Waals surface area contributed by atoms with E-state index in [0.29, 0.717) is 6.54 Å². The summed E-state index contributed by atoms with van der Waals surface area (Å²) in [4.78, 5) is 13.9. The van der Waals surface area contributed by atoms with Crippen LogP contribution in [0.4, 0.5) is 11.4 Å². The van der Waals surface area contributed by atoms with Gasteiger partial charge in [-0.1, -0.05) is 91.1 Å². The summed E-state index contributed by atoms with van der Waals surface area (Å²) in [6.07, 6.45) is 3.19. The van der Waals surface area contributed by atoms with Crippen molar-refractivity contribution in [1.82, 2.24) is 15.0 Å². The summed E-state index contributed by atoms with van der Waals surface area (Å²) in [6.45, 7) is 7.60. The van der Waals surface area contributed by atoms with Crippen LogP contribution in [0, 0.1) is 5.92 Å². The molecule has 1 N–H and O–H groups in total. The second-order valence-corrected chi connectivity index (χ2v) is 18.3. The lowest BCUT2D eigenvalue weighted by molar-refractivity contribution is -0.106. The fraction of sp³-hybridized carbons (Fsp3) is 0.325. The summed E-state index contributed by atoms with van der Waals surface area (Å²) in [5, 5.41) is 20.5. The van der Waals surface area contributed by atoms with Crippen molar-refractivity contribution in [3.05, 3.63) is 126 Å². The first-order valence-electron chi connectivity index (χ1n) is 17.1. The topological polar surface area (TPSA) is 98.9 Å². The number of hydrogen-bond donors (Lipinski definition) is 1. The van der Waals surface area contributed by atoms with E-state index >= 15 is 0 Å². The third-order valence-corrected chi connectivity index (χ3v) is 14.6. The minimum absolute atomic E-state index is 0.00216. The van der Waals surface area contributed by atoms with Crippen LogP contribution in [-0.4, -0.2) is 61.5 Å². The van der Waals surface area contributed by atoms with Crippen LogP contribution in [0.2, 0.25) is 18.6 Å². The van der Waals surface area contributed by atoms with Gasteiger partial charge in [0, 0.05) is 42.7 Å². The number of aryl methyl sites for hydroxylation is 1. The van der Waals surface area contributed by atoms with Gasteiger partial charge < -0.3 is 19.3 Å². The van der Waals surface area contributed by atoms with Gasteiger partial charge in [0.1, 0.15) is 17.6 Å². The minimum Gasteiger partial charge on any atom is -0.497 e. The van der Waals surface area contributed by atoms with Gasteiger partial charge in [-0.05, 0) is 60.0 Å². The molecular formula is C40H46N4O5Si. The van der Waals surface area contributed by atoms with Gasteiger partial charge in [-0.3, -0.25) is 14.4 Å². The molecule has 0 bridgehead atoms. The Hall–Kier alpha value is -4.77. The maximum atomic E-state index is 12.3. The van der Waals surface area contributed by atoms with Crippen molar-refractivity contribution < 1.29 is 24.1 Å². The Labute approximate surface area is 295 Å². The summed E-state index contributed by atoms with van der Waals surface area (Å²) in [5.41, 5.74) is 4.37. The number of ether oxygens (including phenoxy) is 3. The van der Waals surface area contributed by atoms with Crippen LogP contribution < -0.4 is 19.6 Å². The van der Waals surface area contributed by atoms with Crippen LogP contribution >= 0.6 is 0 Å². The number of carbonyl (C=O) groups is 1. The van der Waals surface area contributed by atoms with Gasteiger partial charge in [-0.2, -0.15) is 0 Å². The standard InChI is InChI=1S/C40H46N4O5Si/c1-28-39(48-3)34-24-31(44(27-46)30-14-10-7-11-15-30)16-21-37(34)49-40(28)38(50(4,5)33-19-17-32(47-2)18-20-33)22-23-43-25-36(41-42-43)35(26-45)29-12-8-6-9-13-29/h6-21,24-25,27-28,35,38-40,45H,22-23,26H2,1-5H3/t28-,35?,38?,39-,40-/m1/s1. The van der Waals surface area contributed by atoms with Gasteiger partial charge in [-0.15, -0.1) is 5.10 Å². The molecule has 2 unspecified atom stereocenters. The van der Waals surface area contributed by atoms with E-state index < -0.39 is 8.07 Å². The van der Waals surface area contributed by atoms with Gasteiger partial charge in [0.15, 0.2) is 0 Å². The number of amides is 1. The summed E-state index contributed by atoms with van der Waals surface area (Å²) in [7, 11) is 1.20. The zero-order valence-corrected chi connectivity index (χ0v) is 30.3. The summed E-state index contributed by atoms with van der Waals surface area (Å²) >= 11 is 0. The maximum absolute atomic E-state index is 12.3. The van der Waals surface area contributed by atoms with Gasteiger partial charge >= 0.3 is 0 Å². The molecular weight excluding hydrogens is 645 g/mol. The molecule has 10 heteroatoms. The van der Waals surface area contributed by atoms with Crippen LogP contribution in [0.25, 0.3) is 0 Å². The lowest BCUT2D eigenvalue weighted by Crippen LogP contribution is -2.54. The number of aliphatic hydroxyl groups is 1. The maximum Gasteiger partial charge on any atom is 0.218 e. The molecule has 2 heterocycles. The van der Waals surface area contributed by atoms with Gasteiger partial charge in [0.2, 0.25) is 6.41 Å². The first-order valence-corrected chi connectivity index (χ1v) is 20.2. The fourth-order valence-corrected chi connectivity index (χ4v) is 11.0. The Morgan fingerprint density at radius 1 is 0.960 bits per heavy atom. The molecule has 4 aromatic carbocycles. The lowest BCUT2D eigenvalue weighted by Gasteiger charge is -2.46. The van der Waals surface area contributed by atoms with Gasteiger partial charge in [0.05, 0.1) is 39.5 Å². The van der Waals surface area contributed by atoms with Gasteiger partial charge in [0.25, 0.3) is 0 Å². The second-order valence-electron chi connectivity index (χ2n) is 13.5. The normalized spacial score (nSPS) is 18.4. The monoisotopic (exact) mass is 690 g/mol. The predicted octanol–water partition coefficient (Wildman–Crippen LogP) is 6.87. The van der Waals surface area contributed by atoms with Crippen molar-refractivity contribution in [3.63, 3.8) is 0 Å². The van der Waals surface area contributed by atoms with Crippen LogP contribution in [0.1, 0.15) is 42.2 Å². The Morgan fingerprint density at radius 2 is 1.66 bits per heavy atom. The Balaban J connectivity index is 1.33. The predicted molar refractivity (Wildman–Crippen MR) is 198 cm³/mol. The van der Waals surface area contributed by atoms with Crippen molar-refractivity contribution in [2.75, 3.05) is 25.7 Å². The molecule has 0 saturated carbocycles. The zero-order chi connectivity index (χ0) is 35.3. The summed E-state index contributed by atoms with van der Waals surface area (Å²) in [5.74, 6) is 1.35. The van der Waals surface area contributed by atoms with Crippen LogP contribution in [0.5, 0.6) is 11.5 Å². The molecule has 5 atom stereocenters. The second kappa shape index (κ2) is 15.4. The Kier molecular flexibility index (Phi) is 10.8. The molecule has 1 aliphatic rings. The minimum atomic E-state index is -2.24. The molecule has 0 aliphatic carbocycles. The molecule has 1 amide bonds. The number of aliphatic hydroxyl groups excluding tert-OH is 1. The molecule has 50 heavy (non-hydrogen) atoms. The van der Waals surface area contributed by atoms with Crippen molar-refractivity contribution in [1.29, 1.82) is 0 Å². The van der Waals surface area contributed by atoms with Crippen molar-refractivity contribution in [3.8, 4) is 11.5 Å². The van der Waals surface area contributed by atoms with E-state index in [1.165, 1.54) is 5.19 Å². The number of rotatable bonds is 14. The number of benzene rings is 4. The molecule has 0 radical (unpaired) electrons. The number of para-hydroxylation sites is 1. The number of carbonyl (C=O) groups excluding carboxylic acids is 1. The fourth-order valence-electron chi connectivity index (χ4n) is 7.45. The Morgan fingerprint density at radius 3 is 2.30 bits per heavy atom. The molecule has 0 fully saturated rings. The smallest absolute Gasteiger partial charge is 0.218 e. The zero-order valence-electron chi connectivity index (χ0n) is 29.3. The average Bonchev–Trinajstić information content (AvgIpc) is 3.62. The molecule has 0 spiro atoms. The molecule has 0 saturated heterocycles. The van der Waals surface area contributed by atoms with Crippen LogP contribution in [-0.2, 0) is 16.1 Å². The number of hydrogen-bond acceptors (Lipinski definition) is 7. The van der Waals surface area contributed by atoms with E-state index in [4.69, 9.17) is 14.2 Å². The van der Waals surface area contributed by atoms with E-state index in [-0.39, 0.29) is 36.2 Å². The van der Waals surface area contributed by atoms with Gasteiger partial charge in [-0.25, -0.2) is 0 Å². The Bertz CT molecular complexity index is 1850. The number of anilines is 2. The highest BCUT2D eigenvalue weighted by atomic mass is 28.3. The first-order chi connectivity index (χ1) is 24.3. The van der Waals surface area contributed by atoms with E-state index in [0.717, 1.165) is 52.5 Å². The third kappa shape index (κ3) is 7.10. The largest absolute Gasteiger partial charge is 0.497 e. The third-order valence-electron chi connectivity index (χ3n) is 10.4. The molecule has 6 rings (SSSR count). The van der Waals surface area contributed by atoms with Crippen molar-refractivity contribution >= 4 is 31.0 Å². The van der Waals surface area contributed by atoms with E-state index in [1.54, 1.807) is 19.1 Å². The molecule has 9 nitrogen and oxygen atoms in total. The van der Waals surface area contributed by atoms with Crippen LogP contribution in [0.3, 0.4) is 0 Å². The number of nitrogens with zero attached hydrogens (tertiary/aromatic N) is 4. The SMILES string of the molecule is COc1ccc([Si](C)(C)C(CCn2cc(C(CO)c3ccccc3)nn2)[C@@H]2Oc3ccc(N(C=O)c4ccccc4)cc3[C@H](OC)[C@H]2C)cc1. The van der Waals surface area contributed by atoms with Crippen molar-refractivity contribution in [2.45, 2.75) is 56.7 Å². The van der Waals surface area contributed by atoms with E-state index in [1.807, 2.05) is 102 Å². The van der Waals surface area contributed by atoms with Crippen molar-refractivity contribution in [2.24, 2.45) is 5.92 Å². The molecule has 260 valence electrons. The number of aromatic nitrogens is 3. The lowest BCUT2D eigenvalue weighted by atomic mass is 9.86. The van der Waals surface area contributed by atoms with E-state index in [9.17, 15) is 9.90 Å². The number of fused-ring (bicyclic) bond motifs is 1. The summed E-state index contributed by atoms with van der Waals surface area (Å²) < 4.78 is 20.6. The summed E-state index contributed by atoms with van der Waals surface area (Å²) in [6, 6.07) is 33.9. The number of methoxy groups -OCH3 is 2. The molecule has 1 aromatic heterocycles.